The highest BCUT2D eigenvalue weighted by molar-refractivity contribution is 5.94. The van der Waals surface area contributed by atoms with Gasteiger partial charge < -0.3 is 19.5 Å². The lowest BCUT2D eigenvalue weighted by Gasteiger charge is -2.25. The number of fused-ring (bicyclic) bond motifs is 1. The number of carbonyl (C=O) groups is 1. The normalized spacial score (nSPS) is 14.2. The average molecular weight is 383 g/mol. The molecule has 0 unspecified atom stereocenters. The zero-order chi connectivity index (χ0) is 20.1. The molecule has 150 valence electrons. The fourth-order valence-electron chi connectivity index (χ4n) is 3.13. The summed E-state index contributed by atoms with van der Waals surface area (Å²) >= 11 is 0. The zero-order valence-electron chi connectivity index (χ0n) is 17.0. The summed E-state index contributed by atoms with van der Waals surface area (Å²) in [6, 6.07) is 13.3. The minimum Gasteiger partial charge on any atom is -0.486 e. The predicted octanol–water partition coefficient (Wildman–Crippen LogP) is 4.51. The highest BCUT2D eigenvalue weighted by Gasteiger charge is 2.22. The van der Waals surface area contributed by atoms with Gasteiger partial charge in [0.1, 0.15) is 13.2 Å². The van der Waals surface area contributed by atoms with Crippen LogP contribution in [0.15, 0.2) is 42.5 Å². The van der Waals surface area contributed by atoms with Crippen LogP contribution in [0.1, 0.15) is 55.2 Å². The summed E-state index contributed by atoms with van der Waals surface area (Å²) in [5.41, 5.74) is 2.70. The molecular weight excluding hydrogens is 354 g/mol. The molecule has 0 saturated carbocycles. The largest absolute Gasteiger partial charge is 0.486 e. The van der Waals surface area contributed by atoms with Crippen molar-refractivity contribution in [3.05, 3.63) is 59.2 Å². The van der Waals surface area contributed by atoms with Crippen molar-refractivity contribution >= 4 is 5.91 Å². The number of rotatable bonds is 7. The van der Waals surface area contributed by atoms with Crippen LogP contribution in [-0.4, -0.2) is 25.2 Å². The van der Waals surface area contributed by atoms with Crippen LogP contribution in [0.4, 0.5) is 0 Å². The highest BCUT2D eigenvalue weighted by atomic mass is 16.6. The molecule has 1 aliphatic heterocycles. The Morgan fingerprint density at radius 2 is 1.68 bits per heavy atom. The maximum atomic E-state index is 12.8. The third kappa shape index (κ3) is 5.04. The lowest BCUT2D eigenvalue weighted by atomic mass is 9.95. The van der Waals surface area contributed by atoms with Gasteiger partial charge in [0.25, 0.3) is 5.91 Å². The van der Waals surface area contributed by atoms with Gasteiger partial charge in [0.2, 0.25) is 0 Å². The van der Waals surface area contributed by atoms with Gasteiger partial charge in [0, 0.05) is 5.56 Å². The molecule has 2 aromatic carbocycles. The summed E-state index contributed by atoms with van der Waals surface area (Å²) < 4.78 is 16.9. The van der Waals surface area contributed by atoms with Gasteiger partial charge in [-0.3, -0.25) is 4.79 Å². The van der Waals surface area contributed by atoms with Crippen LogP contribution in [-0.2, 0) is 11.3 Å². The Morgan fingerprint density at radius 3 is 2.32 bits per heavy atom. The van der Waals surface area contributed by atoms with Crippen LogP contribution in [0, 0.1) is 5.92 Å². The Morgan fingerprint density at radius 1 is 1.00 bits per heavy atom. The first-order valence-electron chi connectivity index (χ1n) is 9.85. The van der Waals surface area contributed by atoms with Crippen LogP contribution in [0.2, 0.25) is 0 Å². The molecule has 1 N–H and O–H groups in total. The van der Waals surface area contributed by atoms with E-state index in [1.165, 1.54) is 0 Å². The van der Waals surface area contributed by atoms with Crippen molar-refractivity contribution in [2.45, 2.75) is 46.4 Å². The van der Waals surface area contributed by atoms with Crippen LogP contribution in [0.25, 0.3) is 0 Å². The molecule has 3 rings (SSSR count). The Kier molecular flexibility index (Phi) is 6.57. The first-order valence-corrected chi connectivity index (χ1v) is 9.85. The second-order valence-electron chi connectivity index (χ2n) is 7.65. The molecule has 0 aliphatic carbocycles. The van der Waals surface area contributed by atoms with Crippen molar-refractivity contribution < 1.29 is 19.0 Å². The summed E-state index contributed by atoms with van der Waals surface area (Å²) in [7, 11) is 0. The van der Waals surface area contributed by atoms with Crippen LogP contribution < -0.4 is 14.8 Å². The van der Waals surface area contributed by atoms with E-state index in [-0.39, 0.29) is 24.0 Å². The molecule has 0 radical (unpaired) electrons. The van der Waals surface area contributed by atoms with E-state index in [9.17, 15) is 4.79 Å². The van der Waals surface area contributed by atoms with Crippen LogP contribution >= 0.6 is 0 Å². The van der Waals surface area contributed by atoms with Crippen molar-refractivity contribution in [1.82, 2.24) is 5.32 Å². The number of benzene rings is 2. The molecule has 28 heavy (non-hydrogen) atoms. The van der Waals surface area contributed by atoms with Crippen molar-refractivity contribution in [1.29, 1.82) is 0 Å². The van der Waals surface area contributed by atoms with Gasteiger partial charge in [-0.05, 0) is 55.2 Å². The lowest BCUT2D eigenvalue weighted by molar-refractivity contribution is 0.0656. The van der Waals surface area contributed by atoms with E-state index in [0.717, 1.165) is 22.6 Å². The third-order valence-electron chi connectivity index (χ3n) is 4.68. The quantitative estimate of drug-likeness (QED) is 0.764. The average Bonchev–Trinajstić information content (AvgIpc) is 2.70. The van der Waals surface area contributed by atoms with Crippen LogP contribution in [0.5, 0.6) is 11.5 Å². The number of carbonyl (C=O) groups excluding carboxylic acids is 1. The van der Waals surface area contributed by atoms with Gasteiger partial charge in [-0.25, -0.2) is 0 Å². The van der Waals surface area contributed by atoms with Crippen LogP contribution in [0.3, 0.4) is 0 Å². The van der Waals surface area contributed by atoms with Gasteiger partial charge in [-0.15, -0.1) is 0 Å². The minimum absolute atomic E-state index is 0.0927. The highest BCUT2D eigenvalue weighted by Crippen LogP contribution is 2.34. The van der Waals surface area contributed by atoms with E-state index >= 15 is 0 Å². The maximum Gasteiger partial charge on any atom is 0.251 e. The Balaban J connectivity index is 1.71. The molecule has 0 aromatic heterocycles. The van der Waals surface area contributed by atoms with Gasteiger partial charge in [0.15, 0.2) is 11.5 Å². The van der Waals surface area contributed by atoms with E-state index in [1.54, 1.807) is 0 Å². The van der Waals surface area contributed by atoms with E-state index < -0.39 is 0 Å². The second kappa shape index (κ2) is 9.11. The summed E-state index contributed by atoms with van der Waals surface area (Å²) in [5.74, 6) is 1.62. The standard InChI is InChI=1S/C23H29NO4/c1-15(2)22(19-9-10-20-21(13-19)27-12-11-26-20)24-23(25)18-7-5-17(6-8-18)14-28-16(3)4/h5-10,13,15-16,22H,11-12,14H2,1-4H3,(H,24,25)/t22-/m0/s1. The Hall–Kier alpha value is -2.53. The molecule has 1 heterocycles. The number of hydrogen-bond donors (Lipinski definition) is 1. The smallest absolute Gasteiger partial charge is 0.251 e. The monoisotopic (exact) mass is 383 g/mol. The van der Waals surface area contributed by atoms with E-state index in [0.29, 0.717) is 25.4 Å². The molecule has 0 bridgehead atoms. The second-order valence-corrected chi connectivity index (χ2v) is 7.65. The fraction of sp³-hybridized carbons (Fsp3) is 0.435. The van der Waals surface area contributed by atoms with Gasteiger partial charge >= 0.3 is 0 Å². The van der Waals surface area contributed by atoms with Crippen molar-refractivity contribution in [2.75, 3.05) is 13.2 Å². The third-order valence-corrected chi connectivity index (χ3v) is 4.68. The zero-order valence-corrected chi connectivity index (χ0v) is 17.0. The van der Waals surface area contributed by atoms with Crippen molar-refractivity contribution in [3.63, 3.8) is 0 Å². The first-order chi connectivity index (χ1) is 13.4. The fourth-order valence-corrected chi connectivity index (χ4v) is 3.13. The van der Waals surface area contributed by atoms with Gasteiger partial charge in [-0.1, -0.05) is 32.0 Å². The SMILES string of the molecule is CC(C)OCc1ccc(C(=O)N[C@H](c2ccc3c(c2)OCCO3)C(C)C)cc1. The number of amides is 1. The lowest BCUT2D eigenvalue weighted by Crippen LogP contribution is -2.32. The molecule has 0 fully saturated rings. The van der Waals surface area contributed by atoms with E-state index in [4.69, 9.17) is 14.2 Å². The molecule has 0 saturated heterocycles. The summed E-state index contributed by atoms with van der Waals surface area (Å²) in [6.45, 7) is 9.85. The Bertz CT molecular complexity index is 799. The van der Waals surface area contributed by atoms with Gasteiger partial charge in [0.05, 0.1) is 18.8 Å². The molecule has 1 amide bonds. The number of hydrogen-bond acceptors (Lipinski definition) is 4. The van der Waals surface area contributed by atoms with E-state index in [1.807, 2.05) is 56.3 Å². The minimum atomic E-state index is -0.118. The van der Waals surface area contributed by atoms with Gasteiger partial charge in [-0.2, -0.15) is 0 Å². The molecule has 0 spiro atoms. The van der Waals surface area contributed by atoms with E-state index in [2.05, 4.69) is 19.2 Å². The molecular formula is C23H29NO4. The molecule has 1 aliphatic rings. The molecule has 1 atom stereocenters. The molecule has 5 nitrogen and oxygen atoms in total. The summed E-state index contributed by atoms with van der Waals surface area (Å²) in [6.07, 6.45) is 0.181. The Labute approximate surface area is 167 Å². The summed E-state index contributed by atoms with van der Waals surface area (Å²) in [4.78, 5) is 12.8. The molecule has 5 heteroatoms. The van der Waals surface area contributed by atoms with Crippen molar-refractivity contribution in [2.24, 2.45) is 5.92 Å². The first kappa shape index (κ1) is 20.2. The topological polar surface area (TPSA) is 56.8 Å². The van der Waals surface area contributed by atoms with Crippen molar-refractivity contribution in [3.8, 4) is 11.5 Å². The summed E-state index contributed by atoms with van der Waals surface area (Å²) in [5, 5.41) is 3.16. The maximum absolute atomic E-state index is 12.8. The predicted molar refractivity (Wildman–Crippen MR) is 109 cm³/mol. The number of ether oxygens (including phenoxy) is 3. The molecule has 2 aromatic rings. The number of nitrogens with one attached hydrogen (secondary N) is 1.